The van der Waals surface area contributed by atoms with Gasteiger partial charge in [-0.3, -0.25) is 19.3 Å². The van der Waals surface area contributed by atoms with Gasteiger partial charge < -0.3 is 19.6 Å². The van der Waals surface area contributed by atoms with Gasteiger partial charge in [0.15, 0.2) is 0 Å². The van der Waals surface area contributed by atoms with Crippen LogP contribution in [0.3, 0.4) is 0 Å². The van der Waals surface area contributed by atoms with E-state index in [1.807, 2.05) is 72.8 Å². The van der Waals surface area contributed by atoms with Crippen LogP contribution in [0.5, 0.6) is 0 Å². The van der Waals surface area contributed by atoms with Gasteiger partial charge in [-0.2, -0.15) is 0 Å². The minimum absolute atomic E-state index is 0.113. The highest BCUT2D eigenvalue weighted by atomic mass is 79.9. The molecule has 0 spiro atoms. The van der Waals surface area contributed by atoms with E-state index in [1.165, 1.54) is 23.9 Å². The van der Waals surface area contributed by atoms with Gasteiger partial charge in [-0.15, -0.1) is 0 Å². The summed E-state index contributed by atoms with van der Waals surface area (Å²) in [6.07, 6.45) is 4.12. The Balaban J connectivity index is 1.36. The highest BCUT2D eigenvalue weighted by Gasteiger charge is 2.39. The number of hydrogen-bond acceptors (Lipinski definition) is 5. The molecule has 9 nitrogen and oxygen atoms in total. The van der Waals surface area contributed by atoms with Crippen molar-refractivity contribution in [2.75, 3.05) is 33.8 Å². The number of benzene rings is 3. The van der Waals surface area contributed by atoms with Gasteiger partial charge in [0.1, 0.15) is 25.2 Å². The molecular weight excluding hydrogens is 638 g/mol. The molecule has 1 heterocycles. The van der Waals surface area contributed by atoms with Crippen molar-refractivity contribution in [3.63, 3.8) is 0 Å². The first-order valence-corrected chi connectivity index (χ1v) is 15.7. The molecule has 1 aliphatic heterocycles. The Bertz CT molecular complexity index is 1560. The maximum absolute atomic E-state index is 14.2. The lowest BCUT2D eigenvalue weighted by Gasteiger charge is -2.38. The fraction of sp³-hybridized carbons (Fsp3) is 0.314. The van der Waals surface area contributed by atoms with Gasteiger partial charge in [0.2, 0.25) is 11.8 Å². The number of aliphatic carboxylic acids is 1. The topological polar surface area (TPSA) is 107 Å². The van der Waals surface area contributed by atoms with E-state index in [0.717, 1.165) is 37.2 Å². The number of carbonyl (C=O) groups excluding carboxylic acids is 3. The predicted molar refractivity (Wildman–Crippen MR) is 174 cm³/mol. The van der Waals surface area contributed by atoms with E-state index in [0.29, 0.717) is 6.42 Å². The number of fused-ring (bicyclic) bond motifs is 3. The van der Waals surface area contributed by atoms with Crippen molar-refractivity contribution in [2.24, 2.45) is 0 Å². The Hall–Kier alpha value is -4.44. The van der Waals surface area contributed by atoms with Crippen molar-refractivity contribution in [1.82, 2.24) is 14.7 Å². The van der Waals surface area contributed by atoms with Crippen LogP contribution in [0.4, 0.5) is 4.79 Å². The molecule has 0 bridgehead atoms. The molecule has 45 heavy (non-hydrogen) atoms. The average molecular weight is 675 g/mol. The van der Waals surface area contributed by atoms with E-state index in [2.05, 4.69) is 28.1 Å². The molecule has 3 aromatic carbocycles. The third kappa shape index (κ3) is 7.12. The lowest BCUT2D eigenvalue weighted by atomic mass is 9.98. The second-order valence-electron chi connectivity index (χ2n) is 11.4. The molecule has 2 aliphatic rings. The molecule has 3 amide bonds. The number of amides is 3. The summed E-state index contributed by atoms with van der Waals surface area (Å²) in [5.41, 5.74) is 5.22. The van der Waals surface area contributed by atoms with Crippen LogP contribution in [-0.4, -0.2) is 89.6 Å². The minimum Gasteiger partial charge on any atom is -0.480 e. The lowest BCUT2D eigenvalue weighted by Crippen LogP contribution is -2.57. The number of rotatable bonds is 9. The molecule has 5 rings (SSSR count). The van der Waals surface area contributed by atoms with Crippen LogP contribution in [-0.2, 0) is 25.5 Å². The van der Waals surface area contributed by atoms with E-state index >= 15 is 0 Å². The normalized spacial score (nSPS) is 16.6. The molecule has 10 heteroatoms. The van der Waals surface area contributed by atoms with E-state index in [-0.39, 0.29) is 31.9 Å². The van der Waals surface area contributed by atoms with Crippen molar-refractivity contribution in [3.05, 3.63) is 106 Å². The number of ether oxygens (including phenoxy) is 1. The maximum atomic E-state index is 14.2. The Kier molecular flexibility index (Phi) is 10.0. The van der Waals surface area contributed by atoms with Crippen LogP contribution in [0.15, 0.2) is 89.4 Å². The molecule has 1 aliphatic carbocycles. The summed E-state index contributed by atoms with van der Waals surface area (Å²) in [5, 5.41) is 9.35. The monoisotopic (exact) mass is 673 g/mol. The van der Waals surface area contributed by atoms with Gasteiger partial charge in [0, 0.05) is 37.5 Å². The summed E-state index contributed by atoms with van der Waals surface area (Å²) >= 11 is 3.42. The number of hydrogen-bond donors (Lipinski definition) is 1. The Morgan fingerprint density at radius 1 is 0.956 bits per heavy atom. The summed E-state index contributed by atoms with van der Waals surface area (Å²) in [7, 11) is 2.96. The first-order valence-electron chi connectivity index (χ1n) is 14.9. The van der Waals surface area contributed by atoms with Gasteiger partial charge in [-0.05, 0) is 52.8 Å². The predicted octanol–water partition coefficient (Wildman–Crippen LogP) is 5.33. The fourth-order valence-corrected chi connectivity index (χ4v) is 6.39. The molecule has 0 unspecified atom stereocenters. The molecule has 0 saturated carbocycles. The number of carboxylic acids is 1. The zero-order chi connectivity index (χ0) is 32.1. The molecule has 2 atom stereocenters. The molecule has 0 radical (unpaired) electrons. The number of likely N-dealkylation sites (N-methyl/N-ethyl adjacent to an activating group) is 2. The second-order valence-corrected chi connectivity index (χ2v) is 12.3. The highest BCUT2D eigenvalue weighted by molar-refractivity contribution is 9.10. The van der Waals surface area contributed by atoms with Crippen LogP contribution in [0.1, 0.15) is 35.4 Å². The molecular formula is C35H36BrN3O6. The van der Waals surface area contributed by atoms with Gasteiger partial charge in [0.05, 0.1) is 0 Å². The number of carbonyl (C=O) groups is 4. The largest absolute Gasteiger partial charge is 0.480 e. The zero-order valence-electron chi connectivity index (χ0n) is 25.3. The highest BCUT2D eigenvalue weighted by Crippen LogP contribution is 2.44. The maximum Gasteiger partial charge on any atom is 0.410 e. The molecule has 0 saturated heterocycles. The molecule has 234 valence electrons. The first kappa shape index (κ1) is 32.0. The molecule has 0 aromatic heterocycles. The Morgan fingerprint density at radius 2 is 1.58 bits per heavy atom. The molecule has 3 aromatic rings. The van der Waals surface area contributed by atoms with Crippen molar-refractivity contribution < 1.29 is 29.0 Å². The first-order chi connectivity index (χ1) is 21.7. The standard InChI is InChI=1S/C35H36BrN3O6/c1-37(21-32(40)41)33(42)31(20-23-15-17-24(36)18-16-23)39-19-9-3-4-14-30(34(39)43)38(2)35(44)45-22-29-27-12-7-5-10-25(27)26-11-6-8-13-28(26)29/h3-8,10-13,15-18,29-31H,9,14,19-22H2,1-2H3,(H,40,41)/t30-,31-/m0/s1. The summed E-state index contributed by atoms with van der Waals surface area (Å²) in [6.45, 7) is -0.152. The Labute approximate surface area is 271 Å². The van der Waals surface area contributed by atoms with Crippen molar-refractivity contribution in [1.29, 1.82) is 0 Å². The van der Waals surface area contributed by atoms with Gasteiger partial charge >= 0.3 is 12.1 Å². The quantitative estimate of drug-likeness (QED) is 0.308. The summed E-state index contributed by atoms with van der Waals surface area (Å²) in [4.78, 5) is 56.8. The van der Waals surface area contributed by atoms with E-state index in [9.17, 15) is 24.3 Å². The summed E-state index contributed by atoms with van der Waals surface area (Å²) < 4.78 is 6.72. The number of halogens is 1. The van der Waals surface area contributed by atoms with Gasteiger partial charge in [-0.25, -0.2) is 4.79 Å². The van der Waals surface area contributed by atoms with Crippen LogP contribution < -0.4 is 0 Å². The molecule has 1 N–H and O–H groups in total. The van der Waals surface area contributed by atoms with Crippen LogP contribution in [0.2, 0.25) is 0 Å². The van der Waals surface area contributed by atoms with E-state index in [1.54, 1.807) is 0 Å². The van der Waals surface area contributed by atoms with Crippen LogP contribution in [0, 0.1) is 0 Å². The van der Waals surface area contributed by atoms with Crippen molar-refractivity contribution in [2.45, 2.75) is 37.3 Å². The lowest BCUT2D eigenvalue weighted by molar-refractivity contribution is -0.150. The SMILES string of the molecule is CN(CC(=O)O)C(=O)[C@H](Cc1ccc(Br)cc1)N1CCC=CC[C@H](N(C)C(=O)OCC2c3ccccc3-c3ccccc32)C1=O. The summed E-state index contributed by atoms with van der Waals surface area (Å²) in [5.74, 6) is -2.16. The smallest absolute Gasteiger partial charge is 0.410 e. The van der Waals surface area contributed by atoms with Crippen LogP contribution in [0.25, 0.3) is 11.1 Å². The zero-order valence-corrected chi connectivity index (χ0v) is 26.9. The van der Waals surface area contributed by atoms with Crippen molar-refractivity contribution in [3.8, 4) is 11.1 Å². The summed E-state index contributed by atoms with van der Waals surface area (Å²) in [6, 6.07) is 21.7. The van der Waals surface area contributed by atoms with E-state index in [4.69, 9.17) is 4.74 Å². The third-order valence-corrected chi connectivity index (χ3v) is 9.00. The van der Waals surface area contributed by atoms with E-state index < -0.39 is 42.5 Å². The van der Waals surface area contributed by atoms with Gasteiger partial charge in [0.25, 0.3) is 0 Å². The van der Waals surface area contributed by atoms with Gasteiger partial charge in [-0.1, -0.05) is 88.7 Å². The number of carboxylic acid groups (broad SMARTS) is 1. The Morgan fingerprint density at radius 3 is 2.20 bits per heavy atom. The minimum atomic E-state index is -1.15. The average Bonchev–Trinajstić information content (AvgIpc) is 3.34. The number of nitrogens with zero attached hydrogens (tertiary/aromatic N) is 3. The van der Waals surface area contributed by atoms with Crippen molar-refractivity contribution >= 4 is 39.8 Å². The van der Waals surface area contributed by atoms with Crippen LogP contribution >= 0.6 is 15.9 Å². The fourth-order valence-electron chi connectivity index (χ4n) is 6.13. The third-order valence-electron chi connectivity index (χ3n) is 8.47. The molecule has 0 fully saturated rings. The second kappa shape index (κ2) is 14.1.